The van der Waals surface area contributed by atoms with Crippen LogP contribution in [0.5, 0.6) is 0 Å². The van der Waals surface area contributed by atoms with Gasteiger partial charge in [-0.05, 0) is 113 Å². The van der Waals surface area contributed by atoms with Gasteiger partial charge in [-0.1, -0.05) is 139 Å². The van der Waals surface area contributed by atoms with E-state index >= 15 is 0 Å². The van der Waals surface area contributed by atoms with E-state index in [2.05, 4.69) is 171 Å². The predicted octanol–water partition coefficient (Wildman–Crippen LogP) is 11.0. The summed E-state index contributed by atoms with van der Waals surface area (Å²) in [5, 5.41) is 9.83. The molecule has 6 aromatic carbocycles. The Balaban J connectivity index is 1.37. The predicted molar refractivity (Wildman–Crippen MR) is 213 cm³/mol. The molecule has 1 aliphatic carbocycles. The molecule has 10 rings (SSSR count). The lowest BCUT2D eigenvalue weighted by Crippen LogP contribution is -2.59. The average molecular weight is 672 g/mol. The Morgan fingerprint density at radius 3 is 1.77 bits per heavy atom. The quantitative estimate of drug-likeness (QED) is 0.182. The third-order valence-electron chi connectivity index (χ3n) is 12.3. The molecule has 0 bridgehead atoms. The van der Waals surface area contributed by atoms with Gasteiger partial charge in [0, 0.05) is 12.1 Å². The SMILES string of the molecule is Cc1ccc(CCC23c4ccccc4CCN2c2c(C)nnc(C)c2C32c3cc(-c4ccccc4)ccc3-c3ccc(-c4ccccc4)cc32)cc1. The van der Waals surface area contributed by atoms with Gasteiger partial charge in [0.1, 0.15) is 0 Å². The highest BCUT2D eigenvalue weighted by Crippen LogP contribution is 2.71. The molecule has 3 nitrogen and oxygen atoms in total. The second-order valence-electron chi connectivity index (χ2n) is 15.0. The van der Waals surface area contributed by atoms with Crippen molar-refractivity contribution in [2.45, 2.75) is 51.0 Å². The number of nitrogens with zero attached hydrogens (tertiary/aromatic N) is 3. The summed E-state index contributed by atoms with van der Waals surface area (Å²) in [5.41, 5.74) is 19.4. The van der Waals surface area contributed by atoms with Crippen LogP contribution in [0.25, 0.3) is 33.4 Å². The molecular weight excluding hydrogens is 631 g/mol. The van der Waals surface area contributed by atoms with E-state index in [1.807, 2.05) is 0 Å². The van der Waals surface area contributed by atoms with E-state index in [0.717, 1.165) is 37.2 Å². The van der Waals surface area contributed by atoms with Crippen LogP contribution in [0.2, 0.25) is 0 Å². The lowest BCUT2D eigenvalue weighted by atomic mass is 9.55. The van der Waals surface area contributed by atoms with Crippen molar-refractivity contribution < 1.29 is 0 Å². The number of hydrogen-bond acceptors (Lipinski definition) is 3. The van der Waals surface area contributed by atoms with Crippen LogP contribution < -0.4 is 4.90 Å². The fourth-order valence-corrected chi connectivity index (χ4v) is 10.2. The van der Waals surface area contributed by atoms with E-state index < -0.39 is 11.0 Å². The lowest BCUT2D eigenvalue weighted by Gasteiger charge is -2.54. The van der Waals surface area contributed by atoms with Crippen molar-refractivity contribution in [1.82, 2.24) is 10.2 Å². The first-order valence-corrected chi connectivity index (χ1v) is 18.7. The molecule has 0 saturated heterocycles. The molecule has 0 saturated carbocycles. The zero-order chi connectivity index (χ0) is 35.0. The molecule has 3 heteroatoms. The smallest absolute Gasteiger partial charge is 0.0840 e. The minimum absolute atomic E-state index is 0.445. The summed E-state index contributed by atoms with van der Waals surface area (Å²) in [4.78, 5) is 2.79. The maximum absolute atomic E-state index is 4.97. The Kier molecular flexibility index (Phi) is 6.92. The largest absolute Gasteiger partial charge is 0.358 e. The molecule has 0 amide bonds. The first-order valence-electron chi connectivity index (χ1n) is 18.7. The van der Waals surface area contributed by atoms with Gasteiger partial charge in [0.05, 0.1) is 28.0 Å². The maximum atomic E-state index is 4.97. The topological polar surface area (TPSA) is 29.0 Å². The summed E-state index contributed by atoms with van der Waals surface area (Å²) in [6.45, 7) is 7.47. The molecule has 1 atom stereocenters. The van der Waals surface area contributed by atoms with Gasteiger partial charge in [0.25, 0.3) is 0 Å². The van der Waals surface area contributed by atoms with Crippen LogP contribution in [-0.2, 0) is 23.8 Å². The molecule has 1 aromatic heterocycles. The van der Waals surface area contributed by atoms with Crippen LogP contribution in [-0.4, -0.2) is 16.7 Å². The molecule has 3 heterocycles. The zero-order valence-electron chi connectivity index (χ0n) is 30.0. The molecule has 7 aromatic rings. The van der Waals surface area contributed by atoms with Crippen molar-refractivity contribution in [3.05, 3.63) is 196 Å². The molecule has 3 aliphatic rings. The molecule has 252 valence electrons. The van der Waals surface area contributed by atoms with E-state index in [0.29, 0.717) is 0 Å². The third kappa shape index (κ3) is 4.20. The number of benzene rings is 6. The number of anilines is 1. The van der Waals surface area contributed by atoms with Crippen LogP contribution in [0.3, 0.4) is 0 Å². The van der Waals surface area contributed by atoms with E-state index in [1.165, 1.54) is 78.0 Å². The third-order valence-corrected chi connectivity index (χ3v) is 12.3. The van der Waals surface area contributed by atoms with Gasteiger partial charge in [-0.15, -0.1) is 0 Å². The van der Waals surface area contributed by atoms with Crippen molar-refractivity contribution >= 4 is 5.69 Å². The van der Waals surface area contributed by atoms with Crippen LogP contribution in [0.4, 0.5) is 5.69 Å². The minimum Gasteiger partial charge on any atom is -0.358 e. The fraction of sp³-hybridized carbons (Fsp3) is 0.184. The van der Waals surface area contributed by atoms with E-state index in [-0.39, 0.29) is 0 Å². The highest BCUT2D eigenvalue weighted by molar-refractivity contribution is 5.94. The number of hydrogen-bond donors (Lipinski definition) is 0. The molecule has 0 fully saturated rings. The van der Waals surface area contributed by atoms with E-state index in [4.69, 9.17) is 10.2 Å². The molecule has 0 N–H and O–H groups in total. The Hall–Kier alpha value is -5.80. The highest BCUT2D eigenvalue weighted by atomic mass is 15.3. The van der Waals surface area contributed by atoms with Gasteiger partial charge >= 0.3 is 0 Å². The first-order chi connectivity index (χ1) is 25.5. The van der Waals surface area contributed by atoms with Crippen LogP contribution in [0, 0.1) is 20.8 Å². The Morgan fingerprint density at radius 2 is 1.13 bits per heavy atom. The monoisotopic (exact) mass is 671 g/mol. The molecule has 2 aliphatic heterocycles. The normalized spacial score (nSPS) is 17.3. The number of rotatable bonds is 5. The van der Waals surface area contributed by atoms with Crippen molar-refractivity contribution in [1.29, 1.82) is 0 Å². The van der Waals surface area contributed by atoms with Crippen molar-refractivity contribution in [3.63, 3.8) is 0 Å². The molecule has 1 spiro atoms. The molecule has 52 heavy (non-hydrogen) atoms. The number of aryl methyl sites for hydroxylation is 4. The molecular formula is C49H41N3. The summed E-state index contributed by atoms with van der Waals surface area (Å²) < 4.78 is 0. The fourth-order valence-electron chi connectivity index (χ4n) is 10.2. The number of fused-ring (bicyclic) bond motifs is 12. The van der Waals surface area contributed by atoms with Crippen LogP contribution in [0.1, 0.15) is 56.8 Å². The summed E-state index contributed by atoms with van der Waals surface area (Å²) in [6, 6.07) is 54.8. The Morgan fingerprint density at radius 1 is 0.558 bits per heavy atom. The highest BCUT2D eigenvalue weighted by Gasteiger charge is 2.69. The standard InChI is InChI=1S/C49H41N3/c1-32-18-20-35(21-19-32)26-28-48-43-17-11-10-16-38(43)27-29-52(48)47-34(3)51-50-33(2)46(47)49(48)44-30-39(36-12-6-4-7-13-36)22-24-41(44)42-25-23-40(31-45(42)49)37-14-8-5-9-15-37/h4-25,30-31H,26-29H2,1-3H3. The zero-order valence-corrected chi connectivity index (χ0v) is 30.0. The van der Waals surface area contributed by atoms with E-state index in [1.54, 1.807) is 0 Å². The van der Waals surface area contributed by atoms with Crippen LogP contribution in [0.15, 0.2) is 146 Å². The molecule has 1 unspecified atom stereocenters. The van der Waals surface area contributed by atoms with Crippen molar-refractivity contribution in [2.24, 2.45) is 0 Å². The summed E-state index contributed by atoms with van der Waals surface area (Å²) in [6.07, 6.45) is 2.87. The average Bonchev–Trinajstić information content (AvgIpc) is 3.65. The first kappa shape index (κ1) is 31.0. The van der Waals surface area contributed by atoms with Gasteiger partial charge in [-0.25, -0.2) is 0 Å². The second kappa shape index (κ2) is 11.6. The van der Waals surface area contributed by atoms with Gasteiger partial charge in [0.15, 0.2) is 0 Å². The lowest BCUT2D eigenvalue weighted by molar-refractivity contribution is 0.276. The summed E-state index contributed by atoms with van der Waals surface area (Å²) in [5.74, 6) is 0. The maximum Gasteiger partial charge on any atom is 0.0840 e. The van der Waals surface area contributed by atoms with Crippen molar-refractivity contribution in [3.8, 4) is 33.4 Å². The van der Waals surface area contributed by atoms with Gasteiger partial charge < -0.3 is 4.90 Å². The summed E-state index contributed by atoms with van der Waals surface area (Å²) >= 11 is 0. The van der Waals surface area contributed by atoms with E-state index in [9.17, 15) is 0 Å². The van der Waals surface area contributed by atoms with Gasteiger partial charge in [-0.3, -0.25) is 0 Å². The Bertz CT molecular complexity index is 2410. The Labute approximate surface area is 306 Å². The molecule has 0 radical (unpaired) electrons. The van der Waals surface area contributed by atoms with Crippen molar-refractivity contribution in [2.75, 3.05) is 11.4 Å². The second-order valence-corrected chi connectivity index (χ2v) is 15.0. The van der Waals surface area contributed by atoms with Crippen LogP contribution >= 0.6 is 0 Å². The summed E-state index contributed by atoms with van der Waals surface area (Å²) in [7, 11) is 0. The van der Waals surface area contributed by atoms with Gasteiger partial charge in [-0.2, -0.15) is 10.2 Å². The minimum atomic E-state index is -0.561. The van der Waals surface area contributed by atoms with Gasteiger partial charge in [0.2, 0.25) is 0 Å². The number of aromatic nitrogens is 2.